The van der Waals surface area contributed by atoms with Gasteiger partial charge in [0.25, 0.3) is 11.7 Å². The normalized spacial score (nSPS) is 14.4. The first-order chi connectivity index (χ1) is 6.65. The molecule has 1 aliphatic rings. The van der Waals surface area contributed by atoms with Crippen LogP contribution < -0.4 is 10.9 Å². The van der Waals surface area contributed by atoms with E-state index in [4.69, 9.17) is 5.11 Å². The van der Waals surface area contributed by atoms with Gasteiger partial charge in [0, 0.05) is 0 Å². The van der Waals surface area contributed by atoms with Gasteiger partial charge in [-0.1, -0.05) is 0 Å². The van der Waals surface area contributed by atoms with Crippen molar-refractivity contribution in [3.05, 3.63) is 0 Å². The van der Waals surface area contributed by atoms with Gasteiger partial charge in [0.05, 0.1) is 6.61 Å². The maximum absolute atomic E-state index is 11.0. The molecule has 0 unspecified atom stereocenters. The van der Waals surface area contributed by atoms with Crippen molar-refractivity contribution in [2.75, 3.05) is 6.61 Å². The summed E-state index contributed by atoms with van der Waals surface area (Å²) in [4.78, 5) is 21.3. The predicted molar refractivity (Wildman–Crippen MR) is 45.4 cm³/mol. The molecule has 1 aliphatic heterocycles. The number of hydrazone groups is 2. The maximum atomic E-state index is 11.0. The fourth-order valence-corrected chi connectivity index (χ4v) is 0.654. The Bertz CT molecular complexity index is 322. The van der Waals surface area contributed by atoms with E-state index in [0.29, 0.717) is 0 Å². The fourth-order valence-electron chi connectivity index (χ4n) is 0.654. The first-order valence-electron chi connectivity index (χ1n) is 3.73. The molecular weight excluding hydrogens is 192 g/mol. The maximum Gasteiger partial charge on any atom is 0.377 e. The molecule has 0 fully saturated rings. The summed E-state index contributed by atoms with van der Waals surface area (Å²) in [7, 11) is 0. The number of nitrogens with one attached hydrogen (secondary N) is 2. The van der Waals surface area contributed by atoms with E-state index in [9.17, 15) is 9.59 Å². The first kappa shape index (κ1) is 9.96. The molecule has 0 atom stereocenters. The number of esters is 1. The molecular formula is C6H8N4O4. The summed E-state index contributed by atoms with van der Waals surface area (Å²) < 4.78 is 4.59. The van der Waals surface area contributed by atoms with Crippen molar-refractivity contribution in [2.45, 2.75) is 6.92 Å². The number of amidine groups is 2. The fraction of sp³-hybridized carbons (Fsp3) is 0.333. The van der Waals surface area contributed by atoms with Crippen LogP contribution in [0.2, 0.25) is 0 Å². The Balaban J connectivity index is 2.57. The topological polar surface area (TPSA) is 112 Å². The van der Waals surface area contributed by atoms with Gasteiger partial charge in [0.2, 0.25) is 0 Å². The van der Waals surface area contributed by atoms with Crippen LogP contribution in [0.3, 0.4) is 0 Å². The molecule has 0 saturated heterocycles. The van der Waals surface area contributed by atoms with Crippen molar-refractivity contribution < 1.29 is 19.4 Å². The molecule has 0 aliphatic carbocycles. The van der Waals surface area contributed by atoms with E-state index >= 15 is 0 Å². The molecule has 14 heavy (non-hydrogen) atoms. The standard InChI is InChI=1S/C6H8N4O4/c1-2-14-6(13)4-9-7-3(5(11)12)8-10-4/h2H2,1H3,(H,7,8)(H,9,10)(H,11,12). The van der Waals surface area contributed by atoms with Gasteiger partial charge in [-0.2, -0.15) is 0 Å². The average Bonchev–Trinajstić information content (AvgIpc) is 2.18. The highest BCUT2D eigenvalue weighted by Gasteiger charge is 2.19. The van der Waals surface area contributed by atoms with E-state index in [0.717, 1.165) is 0 Å². The minimum Gasteiger partial charge on any atom is -0.475 e. The Labute approximate surface area is 78.6 Å². The van der Waals surface area contributed by atoms with Crippen LogP contribution in [-0.4, -0.2) is 35.3 Å². The highest BCUT2D eigenvalue weighted by Crippen LogP contribution is 1.87. The van der Waals surface area contributed by atoms with E-state index in [2.05, 4.69) is 25.8 Å². The summed E-state index contributed by atoms with van der Waals surface area (Å²) in [5.74, 6) is -2.55. The van der Waals surface area contributed by atoms with Crippen molar-refractivity contribution in [1.82, 2.24) is 10.9 Å². The van der Waals surface area contributed by atoms with E-state index in [1.165, 1.54) is 0 Å². The number of rotatable bonds is 3. The van der Waals surface area contributed by atoms with E-state index in [1.807, 2.05) is 0 Å². The van der Waals surface area contributed by atoms with Gasteiger partial charge in [-0.25, -0.2) is 9.59 Å². The third-order valence-corrected chi connectivity index (χ3v) is 1.22. The van der Waals surface area contributed by atoms with Crippen LogP contribution in [0.15, 0.2) is 10.2 Å². The number of hydrogen-bond donors (Lipinski definition) is 3. The van der Waals surface area contributed by atoms with E-state index in [-0.39, 0.29) is 12.4 Å². The lowest BCUT2D eigenvalue weighted by Crippen LogP contribution is -2.41. The van der Waals surface area contributed by atoms with Crippen LogP contribution in [0, 0.1) is 0 Å². The average molecular weight is 200 g/mol. The van der Waals surface area contributed by atoms with Gasteiger partial charge in [0.15, 0.2) is 0 Å². The summed E-state index contributed by atoms with van der Waals surface area (Å²) in [6, 6.07) is 0. The number of ether oxygens (including phenoxy) is 1. The lowest BCUT2D eigenvalue weighted by Gasteiger charge is -2.10. The van der Waals surface area contributed by atoms with Crippen LogP contribution in [0.5, 0.6) is 0 Å². The molecule has 1 heterocycles. The summed E-state index contributed by atoms with van der Waals surface area (Å²) in [5, 5.41) is 15.2. The molecule has 0 aromatic rings. The van der Waals surface area contributed by atoms with Gasteiger partial charge < -0.3 is 9.84 Å². The van der Waals surface area contributed by atoms with Crippen molar-refractivity contribution >= 4 is 23.6 Å². The number of carboxylic acid groups (broad SMARTS) is 1. The van der Waals surface area contributed by atoms with Gasteiger partial charge in [0.1, 0.15) is 0 Å². The number of carbonyl (C=O) groups excluding carboxylic acids is 1. The van der Waals surface area contributed by atoms with E-state index in [1.54, 1.807) is 6.92 Å². The number of carboxylic acids is 1. The zero-order valence-corrected chi connectivity index (χ0v) is 7.27. The lowest BCUT2D eigenvalue weighted by atomic mass is 10.5. The molecule has 1 rings (SSSR count). The zero-order valence-electron chi connectivity index (χ0n) is 7.27. The molecule has 0 spiro atoms. The molecule has 8 nitrogen and oxygen atoms in total. The molecule has 0 bridgehead atoms. The molecule has 0 radical (unpaired) electrons. The lowest BCUT2D eigenvalue weighted by molar-refractivity contribution is -0.135. The summed E-state index contributed by atoms with van der Waals surface area (Å²) >= 11 is 0. The summed E-state index contributed by atoms with van der Waals surface area (Å²) in [6.45, 7) is 1.84. The Kier molecular flexibility index (Phi) is 3.00. The smallest absolute Gasteiger partial charge is 0.377 e. The largest absolute Gasteiger partial charge is 0.475 e. The van der Waals surface area contributed by atoms with Crippen molar-refractivity contribution in [2.24, 2.45) is 10.2 Å². The van der Waals surface area contributed by atoms with Crippen molar-refractivity contribution in [3.8, 4) is 0 Å². The number of carbonyl (C=O) groups is 2. The van der Waals surface area contributed by atoms with Crippen molar-refractivity contribution in [3.63, 3.8) is 0 Å². The third-order valence-electron chi connectivity index (χ3n) is 1.22. The quantitative estimate of drug-likeness (QED) is 0.475. The van der Waals surface area contributed by atoms with Crippen LogP contribution in [0.25, 0.3) is 0 Å². The van der Waals surface area contributed by atoms with Gasteiger partial charge in [-0.15, -0.1) is 10.2 Å². The second-order valence-electron chi connectivity index (χ2n) is 2.17. The molecule has 8 heteroatoms. The number of aliphatic carboxylic acids is 1. The third kappa shape index (κ3) is 2.19. The Hall–Kier alpha value is -2.12. The Morgan fingerprint density at radius 3 is 2.36 bits per heavy atom. The molecule has 0 aromatic heterocycles. The SMILES string of the molecule is CCOC(=O)C1=NNC(C(=O)O)=NN1. The highest BCUT2D eigenvalue weighted by molar-refractivity contribution is 6.39. The summed E-state index contributed by atoms with van der Waals surface area (Å²) in [6.07, 6.45) is 0. The minimum atomic E-state index is -1.27. The van der Waals surface area contributed by atoms with Gasteiger partial charge in [-0.3, -0.25) is 10.9 Å². The monoisotopic (exact) mass is 200 g/mol. The van der Waals surface area contributed by atoms with Crippen LogP contribution in [-0.2, 0) is 14.3 Å². The second kappa shape index (κ2) is 4.21. The Morgan fingerprint density at radius 2 is 1.93 bits per heavy atom. The van der Waals surface area contributed by atoms with Crippen LogP contribution >= 0.6 is 0 Å². The zero-order chi connectivity index (χ0) is 10.6. The molecule has 0 saturated carbocycles. The molecule has 0 amide bonds. The Morgan fingerprint density at radius 1 is 1.36 bits per heavy atom. The number of hydrogen-bond acceptors (Lipinski definition) is 7. The second-order valence-corrected chi connectivity index (χ2v) is 2.17. The van der Waals surface area contributed by atoms with E-state index < -0.39 is 17.8 Å². The predicted octanol–water partition coefficient (Wildman–Crippen LogP) is -1.55. The van der Waals surface area contributed by atoms with Crippen LogP contribution in [0.4, 0.5) is 0 Å². The van der Waals surface area contributed by atoms with Gasteiger partial charge in [-0.05, 0) is 6.92 Å². The molecule has 3 N–H and O–H groups in total. The molecule has 0 aromatic carbocycles. The highest BCUT2D eigenvalue weighted by atomic mass is 16.5. The first-order valence-corrected chi connectivity index (χ1v) is 3.73. The van der Waals surface area contributed by atoms with Crippen molar-refractivity contribution in [1.29, 1.82) is 0 Å². The molecule has 76 valence electrons. The van der Waals surface area contributed by atoms with Crippen LogP contribution in [0.1, 0.15) is 6.92 Å². The summed E-state index contributed by atoms with van der Waals surface area (Å²) in [5.41, 5.74) is 4.24. The van der Waals surface area contributed by atoms with Gasteiger partial charge >= 0.3 is 11.9 Å². The number of nitrogens with zero attached hydrogens (tertiary/aromatic N) is 2. The minimum absolute atomic E-state index is 0.183.